The van der Waals surface area contributed by atoms with E-state index < -0.39 is 11.4 Å². The standard InChI is InChI=1S/C14H18N2O4/c1-5-20-13(17)14(2,9-15)8-10-12(19-4)11(18-3)6-7-16-10/h6-7H,5,8H2,1-4H3. The van der Waals surface area contributed by atoms with Gasteiger partial charge in [0.15, 0.2) is 16.9 Å². The Morgan fingerprint density at radius 1 is 1.45 bits per heavy atom. The summed E-state index contributed by atoms with van der Waals surface area (Å²) in [6.07, 6.45) is 1.63. The largest absolute Gasteiger partial charge is 0.493 e. The van der Waals surface area contributed by atoms with Crippen LogP contribution in [-0.4, -0.2) is 31.8 Å². The third kappa shape index (κ3) is 3.18. The van der Waals surface area contributed by atoms with Crippen LogP contribution in [0.1, 0.15) is 19.5 Å². The van der Waals surface area contributed by atoms with Crippen molar-refractivity contribution in [2.45, 2.75) is 20.3 Å². The summed E-state index contributed by atoms with van der Waals surface area (Å²) in [7, 11) is 2.99. The Morgan fingerprint density at radius 3 is 2.65 bits per heavy atom. The highest BCUT2D eigenvalue weighted by Gasteiger charge is 2.37. The molecular weight excluding hydrogens is 260 g/mol. The van der Waals surface area contributed by atoms with Gasteiger partial charge in [0.1, 0.15) is 0 Å². The normalized spacial score (nSPS) is 12.9. The average Bonchev–Trinajstić information content (AvgIpc) is 2.46. The van der Waals surface area contributed by atoms with Crippen LogP contribution in [0.2, 0.25) is 0 Å². The van der Waals surface area contributed by atoms with E-state index in [0.717, 1.165) is 0 Å². The van der Waals surface area contributed by atoms with E-state index in [-0.39, 0.29) is 13.0 Å². The number of ether oxygens (including phenoxy) is 3. The molecule has 0 saturated carbocycles. The monoisotopic (exact) mass is 278 g/mol. The smallest absolute Gasteiger partial charge is 0.326 e. The number of nitrogens with zero attached hydrogens (tertiary/aromatic N) is 2. The Morgan fingerprint density at radius 2 is 2.15 bits per heavy atom. The van der Waals surface area contributed by atoms with Gasteiger partial charge in [0.05, 0.1) is 32.6 Å². The van der Waals surface area contributed by atoms with Gasteiger partial charge in [-0.1, -0.05) is 0 Å². The van der Waals surface area contributed by atoms with Gasteiger partial charge in [-0.25, -0.2) is 0 Å². The summed E-state index contributed by atoms with van der Waals surface area (Å²) in [6, 6.07) is 3.64. The van der Waals surface area contributed by atoms with E-state index in [0.29, 0.717) is 17.2 Å². The van der Waals surface area contributed by atoms with E-state index in [1.54, 1.807) is 19.2 Å². The van der Waals surface area contributed by atoms with E-state index in [1.165, 1.54) is 21.1 Å². The number of esters is 1. The lowest BCUT2D eigenvalue weighted by molar-refractivity contribution is -0.151. The van der Waals surface area contributed by atoms with Crippen LogP contribution in [-0.2, 0) is 16.0 Å². The number of aromatic nitrogens is 1. The zero-order valence-electron chi connectivity index (χ0n) is 12.1. The van der Waals surface area contributed by atoms with Gasteiger partial charge in [0.2, 0.25) is 0 Å². The summed E-state index contributed by atoms with van der Waals surface area (Å²) in [6.45, 7) is 3.43. The van der Waals surface area contributed by atoms with Crippen molar-refractivity contribution in [3.8, 4) is 17.6 Å². The van der Waals surface area contributed by atoms with Crippen molar-refractivity contribution in [3.63, 3.8) is 0 Å². The van der Waals surface area contributed by atoms with Crippen LogP contribution in [0.3, 0.4) is 0 Å². The Hall–Kier alpha value is -2.29. The molecule has 0 fully saturated rings. The molecule has 1 rings (SSSR count). The maximum atomic E-state index is 11.9. The summed E-state index contributed by atoms with van der Waals surface area (Å²) in [4.78, 5) is 16.1. The number of rotatable bonds is 6. The highest BCUT2D eigenvalue weighted by Crippen LogP contribution is 2.33. The van der Waals surface area contributed by atoms with Crippen LogP contribution in [0.5, 0.6) is 11.5 Å². The van der Waals surface area contributed by atoms with E-state index in [4.69, 9.17) is 14.2 Å². The Bertz CT molecular complexity index is 524. The summed E-state index contributed by atoms with van der Waals surface area (Å²) in [5.41, 5.74) is -0.841. The molecule has 1 aromatic rings. The molecule has 0 aliphatic carbocycles. The van der Waals surface area contributed by atoms with Gasteiger partial charge in [0, 0.05) is 18.7 Å². The molecule has 0 aliphatic heterocycles. The van der Waals surface area contributed by atoms with E-state index in [1.807, 2.05) is 6.07 Å². The minimum absolute atomic E-state index is 0.0860. The maximum absolute atomic E-state index is 11.9. The molecule has 1 atom stereocenters. The Balaban J connectivity index is 3.14. The zero-order valence-corrected chi connectivity index (χ0v) is 12.1. The number of nitriles is 1. The van der Waals surface area contributed by atoms with Crippen molar-refractivity contribution in [2.24, 2.45) is 5.41 Å². The fourth-order valence-electron chi connectivity index (χ4n) is 1.76. The molecule has 0 saturated heterocycles. The Kier molecular flexibility index (Phi) is 5.32. The van der Waals surface area contributed by atoms with Crippen LogP contribution in [0.25, 0.3) is 0 Å². The van der Waals surface area contributed by atoms with Crippen LogP contribution in [0, 0.1) is 16.7 Å². The molecule has 20 heavy (non-hydrogen) atoms. The SMILES string of the molecule is CCOC(=O)C(C)(C#N)Cc1nccc(OC)c1OC. The van der Waals surface area contributed by atoms with Gasteiger partial charge in [-0.2, -0.15) is 5.26 Å². The molecule has 1 heterocycles. The van der Waals surface area contributed by atoms with E-state index >= 15 is 0 Å². The quantitative estimate of drug-likeness (QED) is 0.737. The predicted molar refractivity (Wildman–Crippen MR) is 71.4 cm³/mol. The second kappa shape index (κ2) is 6.75. The van der Waals surface area contributed by atoms with Crippen molar-refractivity contribution >= 4 is 5.97 Å². The van der Waals surface area contributed by atoms with Crippen molar-refractivity contribution < 1.29 is 19.0 Å². The number of hydrogen-bond acceptors (Lipinski definition) is 6. The fraction of sp³-hybridized carbons (Fsp3) is 0.500. The topological polar surface area (TPSA) is 81.4 Å². The first-order valence-corrected chi connectivity index (χ1v) is 6.16. The average molecular weight is 278 g/mol. The molecule has 108 valence electrons. The highest BCUT2D eigenvalue weighted by atomic mass is 16.5. The first kappa shape index (κ1) is 15.8. The van der Waals surface area contributed by atoms with E-state index in [9.17, 15) is 10.1 Å². The van der Waals surface area contributed by atoms with Gasteiger partial charge < -0.3 is 14.2 Å². The minimum atomic E-state index is -1.32. The van der Waals surface area contributed by atoms with Gasteiger partial charge in [0.25, 0.3) is 0 Å². The van der Waals surface area contributed by atoms with Crippen molar-refractivity contribution in [1.82, 2.24) is 4.98 Å². The molecule has 1 unspecified atom stereocenters. The lowest BCUT2D eigenvalue weighted by atomic mass is 9.86. The molecule has 6 heteroatoms. The number of methoxy groups -OCH3 is 2. The summed E-state index contributed by atoms with van der Waals surface area (Å²) >= 11 is 0. The second-order valence-corrected chi connectivity index (χ2v) is 4.33. The predicted octanol–water partition coefficient (Wildman–Crippen LogP) is 1.73. The molecule has 0 amide bonds. The number of pyridine rings is 1. The number of carbonyl (C=O) groups is 1. The molecule has 6 nitrogen and oxygen atoms in total. The molecule has 0 N–H and O–H groups in total. The van der Waals surface area contributed by atoms with Gasteiger partial charge >= 0.3 is 5.97 Å². The number of hydrogen-bond donors (Lipinski definition) is 0. The molecule has 0 radical (unpaired) electrons. The van der Waals surface area contributed by atoms with Gasteiger partial charge in [-0.3, -0.25) is 9.78 Å². The fourth-order valence-corrected chi connectivity index (χ4v) is 1.76. The van der Waals surface area contributed by atoms with Crippen molar-refractivity contribution in [3.05, 3.63) is 18.0 Å². The Labute approximate surface area is 118 Å². The van der Waals surface area contributed by atoms with Crippen molar-refractivity contribution in [2.75, 3.05) is 20.8 Å². The highest BCUT2D eigenvalue weighted by molar-refractivity contribution is 5.80. The lowest BCUT2D eigenvalue weighted by Crippen LogP contribution is -2.31. The van der Waals surface area contributed by atoms with Gasteiger partial charge in [-0.05, 0) is 13.8 Å². The first-order valence-electron chi connectivity index (χ1n) is 6.16. The zero-order chi connectivity index (χ0) is 15.2. The molecule has 0 aliphatic rings. The van der Waals surface area contributed by atoms with Crippen LogP contribution >= 0.6 is 0 Å². The van der Waals surface area contributed by atoms with E-state index in [2.05, 4.69) is 4.98 Å². The van der Waals surface area contributed by atoms with Crippen LogP contribution in [0.4, 0.5) is 0 Å². The third-order valence-electron chi connectivity index (χ3n) is 2.86. The van der Waals surface area contributed by atoms with Gasteiger partial charge in [-0.15, -0.1) is 0 Å². The molecule has 0 bridgehead atoms. The maximum Gasteiger partial charge on any atom is 0.326 e. The third-order valence-corrected chi connectivity index (χ3v) is 2.86. The summed E-state index contributed by atoms with van der Waals surface area (Å²) in [5.74, 6) is 0.344. The molecule has 0 spiro atoms. The van der Waals surface area contributed by atoms with Crippen molar-refractivity contribution in [1.29, 1.82) is 5.26 Å². The summed E-state index contributed by atoms with van der Waals surface area (Å²) in [5, 5.41) is 9.28. The molecular formula is C14H18N2O4. The van der Waals surface area contributed by atoms with Crippen LogP contribution in [0.15, 0.2) is 12.3 Å². The number of carbonyl (C=O) groups excluding carboxylic acids is 1. The molecule has 0 aromatic carbocycles. The second-order valence-electron chi connectivity index (χ2n) is 4.33. The van der Waals surface area contributed by atoms with Crippen LogP contribution < -0.4 is 9.47 Å². The molecule has 1 aromatic heterocycles. The first-order chi connectivity index (χ1) is 9.52. The lowest BCUT2D eigenvalue weighted by Gasteiger charge is -2.20. The minimum Gasteiger partial charge on any atom is -0.493 e. The summed E-state index contributed by atoms with van der Waals surface area (Å²) < 4.78 is 15.4.